The van der Waals surface area contributed by atoms with Crippen LogP contribution >= 0.6 is 12.2 Å². The molecule has 4 rings (SSSR count). The molecule has 0 aromatic carbocycles. The molecule has 2 fully saturated rings. The lowest BCUT2D eigenvalue weighted by Crippen LogP contribution is -2.33. The van der Waals surface area contributed by atoms with Crippen LogP contribution in [0, 0.1) is 0 Å². The second kappa shape index (κ2) is 8.31. The molecule has 2 atom stereocenters. The van der Waals surface area contributed by atoms with E-state index in [0.717, 1.165) is 5.69 Å². The second-order valence-corrected chi connectivity index (χ2v) is 7.81. The molecule has 0 amide bonds. The molecular weight excluding hydrogens is 372 g/mol. The summed E-state index contributed by atoms with van der Waals surface area (Å²) in [6.45, 7) is 0.516. The molecule has 3 heterocycles. The van der Waals surface area contributed by atoms with Crippen molar-refractivity contribution in [2.45, 2.75) is 50.2 Å². The lowest BCUT2D eigenvalue weighted by Gasteiger charge is -2.30. The molecule has 148 valence electrons. The van der Waals surface area contributed by atoms with Crippen LogP contribution in [0.3, 0.4) is 0 Å². The van der Waals surface area contributed by atoms with Crippen molar-refractivity contribution >= 4 is 23.3 Å². The Hall–Kier alpha value is -2.41. The molecule has 2 aromatic rings. The van der Waals surface area contributed by atoms with Gasteiger partial charge in [0.05, 0.1) is 31.3 Å². The summed E-state index contributed by atoms with van der Waals surface area (Å²) < 4.78 is 7.25. The first-order valence-electron chi connectivity index (χ1n) is 9.90. The van der Waals surface area contributed by atoms with Crippen molar-refractivity contribution in [2.24, 2.45) is 0 Å². The Bertz CT molecular complexity index is 832. The van der Waals surface area contributed by atoms with E-state index in [4.69, 9.17) is 17.0 Å². The van der Waals surface area contributed by atoms with Crippen LogP contribution in [0.4, 0.5) is 0 Å². The van der Waals surface area contributed by atoms with Crippen molar-refractivity contribution in [3.05, 3.63) is 54.1 Å². The highest BCUT2D eigenvalue weighted by Gasteiger charge is 2.41. The van der Waals surface area contributed by atoms with Gasteiger partial charge in [-0.1, -0.05) is 18.9 Å². The summed E-state index contributed by atoms with van der Waals surface area (Å²) in [5.41, 5.74) is 2.18. The molecule has 7 heteroatoms. The van der Waals surface area contributed by atoms with E-state index >= 15 is 0 Å². The van der Waals surface area contributed by atoms with Crippen molar-refractivity contribution in [2.75, 3.05) is 13.7 Å². The van der Waals surface area contributed by atoms with Crippen LogP contribution in [0.15, 0.2) is 42.7 Å². The number of hydrogen-bond acceptors (Lipinski definition) is 4. The zero-order valence-corrected chi connectivity index (χ0v) is 16.9. The average molecular weight is 399 g/mol. The molecule has 6 nitrogen and oxygen atoms in total. The highest BCUT2D eigenvalue weighted by atomic mass is 32.1. The van der Waals surface area contributed by atoms with Gasteiger partial charge in [-0.25, -0.2) is 0 Å². The van der Waals surface area contributed by atoms with Crippen molar-refractivity contribution < 1.29 is 9.53 Å². The Kier molecular flexibility index (Phi) is 5.62. The molecule has 2 aromatic heterocycles. The summed E-state index contributed by atoms with van der Waals surface area (Å²) >= 11 is 5.66. The number of thiocarbonyl (C=S) groups is 1. The Morgan fingerprint density at radius 3 is 2.82 bits per heavy atom. The first-order valence-corrected chi connectivity index (χ1v) is 10.3. The molecule has 1 saturated heterocycles. The molecule has 0 bridgehead atoms. The Morgan fingerprint density at radius 2 is 2.11 bits per heavy atom. The van der Waals surface area contributed by atoms with Gasteiger partial charge >= 0.3 is 5.97 Å². The third-order valence-electron chi connectivity index (χ3n) is 5.82. The molecule has 1 aliphatic heterocycles. The van der Waals surface area contributed by atoms with Crippen LogP contribution in [0.5, 0.6) is 0 Å². The number of nitrogens with one attached hydrogen (secondary N) is 1. The lowest BCUT2D eigenvalue weighted by atomic mass is 10.0. The minimum Gasteiger partial charge on any atom is -0.469 e. The highest BCUT2D eigenvalue weighted by Crippen LogP contribution is 2.41. The third-order valence-corrected chi connectivity index (χ3v) is 6.17. The maximum absolute atomic E-state index is 11.8. The predicted octanol–water partition coefficient (Wildman–Crippen LogP) is 3.53. The number of rotatable bonds is 6. The van der Waals surface area contributed by atoms with Crippen molar-refractivity contribution in [3.63, 3.8) is 0 Å². The maximum atomic E-state index is 11.8. The van der Waals surface area contributed by atoms with Crippen LogP contribution in [-0.4, -0.2) is 39.2 Å². The minimum absolute atomic E-state index is 0.0114. The second-order valence-electron chi connectivity index (χ2n) is 7.42. The smallest absolute Gasteiger partial charge is 0.307 e. The van der Waals surface area contributed by atoms with Gasteiger partial charge in [0.1, 0.15) is 0 Å². The van der Waals surface area contributed by atoms with Crippen LogP contribution in [-0.2, 0) is 9.53 Å². The molecular formula is C21H26N4O2S. The zero-order chi connectivity index (χ0) is 19.5. The van der Waals surface area contributed by atoms with Crippen LogP contribution in [0.1, 0.15) is 61.6 Å². The van der Waals surface area contributed by atoms with E-state index in [0.29, 0.717) is 24.1 Å². The van der Waals surface area contributed by atoms with E-state index in [9.17, 15) is 4.79 Å². The molecule has 1 aliphatic carbocycles. The van der Waals surface area contributed by atoms with Crippen LogP contribution in [0.2, 0.25) is 0 Å². The van der Waals surface area contributed by atoms with Gasteiger partial charge in [-0.3, -0.25) is 9.78 Å². The molecule has 1 saturated carbocycles. The van der Waals surface area contributed by atoms with Crippen LogP contribution in [0.25, 0.3) is 0 Å². The van der Waals surface area contributed by atoms with Crippen LogP contribution < -0.4 is 5.32 Å². The molecule has 0 unspecified atom stereocenters. The SMILES string of the molecule is COC(=O)CCN1C(=S)N[C@@H](c2ccccn2)[C@H]1c1cccn1C1CCCC1. The van der Waals surface area contributed by atoms with Gasteiger partial charge in [0.25, 0.3) is 0 Å². The van der Waals surface area contributed by atoms with E-state index in [1.54, 1.807) is 0 Å². The highest BCUT2D eigenvalue weighted by molar-refractivity contribution is 7.80. The molecule has 2 aliphatic rings. The normalized spacial score (nSPS) is 22.5. The summed E-state index contributed by atoms with van der Waals surface area (Å²) in [6.07, 6.45) is 9.27. The topological polar surface area (TPSA) is 59.4 Å². The number of nitrogens with zero attached hydrogens (tertiary/aromatic N) is 3. The number of carbonyl (C=O) groups is 1. The lowest BCUT2D eigenvalue weighted by molar-refractivity contribution is -0.140. The third kappa shape index (κ3) is 3.63. The predicted molar refractivity (Wildman–Crippen MR) is 111 cm³/mol. The number of aromatic nitrogens is 2. The Labute approximate surface area is 170 Å². The monoisotopic (exact) mass is 398 g/mol. The summed E-state index contributed by atoms with van der Waals surface area (Å²) in [6, 6.07) is 10.7. The first kappa shape index (κ1) is 18.9. The summed E-state index contributed by atoms with van der Waals surface area (Å²) in [5, 5.41) is 4.10. The Morgan fingerprint density at radius 1 is 1.29 bits per heavy atom. The zero-order valence-electron chi connectivity index (χ0n) is 16.1. The Balaban J connectivity index is 1.70. The van der Waals surface area contributed by atoms with E-state index in [1.165, 1.54) is 38.5 Å². The van der Waals surface area contributed by atoms with Gasteiger partial charge in [-0.15, -0.1) is 0 Å². The van der Waals surface area contributed by atoms with E-state index in [2.05, 4.69) is 38.1 Å². The molecule has 0 spiro atoms. The van der Waals surface area contributed by atoms with Crippen molar-refractivity contribution in [3.8, 4) is 0 Å². The van der Waals surface area contributed by atoms with Gasteiger partial charge in [-0.05, 0) is 49.3 Å². The minimum atomic E-state index is -0.228. The van der Waals surface area contributed by atoms with Crippen molar-refractivity contribution in [1.82, 2.24) is 19.8 Å². The van der Waals surface area contributed by atoms with E-state index in [1.807, 2.05) is 24.4 Å². The quantitative estimate of drug-likeness (QED) is 0.593. The number of carbonyl (C=O) groups excluding carboxylic acids is 1. The number of methoxy groups -OCH3 is 1. The van der Waals surface area contributed by atoms with Gasteiger partial charge in [0, 0.05) is 30.7 Å². The van der Waals surface area contributed by atoms with Gasteiger partial charge in [0.15, 0.2) is 5.11 Å². The number of hydrogen-bond donors (Lipinski definition) is 1. The summed E-state index contributed by atoms with van der Waals surface area (Å²) in [7, 11) is 1.42. The maximum Gasteiger partial charge on any atom is 0.307 e. The van der Waals surface area contributed by atoms with E-state index < -0.39 is 0 Å². The molecule has 1 N–H and O–H groups in total. The van der Waals surface area contributed by atoms with Gasteiger partial charge < -0.3 is 19.5 Å². The largest absolute Gasteiger partial charge is 0.469 e. The standard InChI is InChI=1S/C21H26N4O2S/c1-27-18(26)11-14-25-20(17-10-6-13-24(17)15-7-2-3-8-15)19(23-21(25)28)16-9-4-5-12-22-16/h4-6,9-10,12-13,15,19-20H,2-3,7-8,11,14H2,1H3,(H,23,28)/t19-,20+/m0/s1. The fourth-order valence-electron chi connectivity index (χ4n) is 4.45. The van der Waals surface area contributed by atoms with Crippen molar-refractivity contribution in [1.29, 1.82) is 0 Å². The number of pyridine rings is 1. The van der Waals surface area contributed by atoms with Gasteiger partial charge in [0.2, 0.25) is 0 Å². The fraction of sp³-hybridized carbons (Fsp3) is 0.476. The number of esters is 1. The summed E-state index contributed by atoms with van der Waals surface area (Å²) in [4.78, 5) is 18.5. The fourth-order valence-corrected chi connectivity index (χ4v) is 4.79. The molecule has 28 heavy (non-hydrogen) atoms. The summed E-state index contributed by atoms with van der Waals surface area (Å²) in [5.74, 6) is -0.228. The van der Waals surface area contributed by atoms with E-state index in [-0.39, 0.29) is 18.1 Å². The number of ether oxygens (including phenoxy) is 1. The molecule has 0 radical (unpaired) electrons. The van der Waals surface area contributed by atoms with Gasteiger partial charge in [-0.2, -0.15) is 0 Å². The average Bonchev–Trinajstić information content (AvgIpc) is 3.46. The first-order chi connectivity index (χ1) is 13.7.